The molecule has 1 aliphatic rings. The van der Waals surface area contributed by atoms with Crippen molar-refractivity contribution in [3.63, 3.8) is 0 Å². The van der Waals surface area contributed by atoms with Crippen LogP contribution in [-0.2, 0) is 34.8 Å². The predicted molar refractivity (Wildman–Crippen MR) is 109 cm³/mol. The number of nitrogens with zero attached hydrogens (tertiary/aromatic N) is 2. The summed E-state index contributed by atoms with van der Waals surface area (Å²) in [6.07, 6.45) is 2.90. The number of amides is 1. The van der Waals surface area contributed by atoms with Crippen LogP contribution in [0.4, 0.5) is 0 Å². The molecule has 0 fully saturated rings. The van der Waals surface area contributed by atoms with E-state index in [0.717, 1.165) is 41.7 Å². The maximum Gasteiger partial charge on any atom is 0.341 e. The molecule has 3 rings (SSSR count). The molecule has 0 bridgehead atoms. The van der Waals surface area contributed by atoms with Crippen molar-refractivity contribution in [2.45, 2.75) is 38.1 Å². The van der Waals surface area contributed by atoms with Crippen molar-refractivity contribution < 1.29 is 14.3 Å². The van der Waals surface area contributed by atoms with Crippen LogP contribution in [0.3, 0.4) is 0 Å². The maximum absolute atomic E-state index is 12.2. The van der Waals surface area contributed by atoms with Crippen LogP contribution in [0.5, 0.6) is 0 Å². The highest BCUT2D eigenvalue weighted by atomic mass is 79.9. The Bertz CT molecular complexity index is 820. The lowest BCUT2D eigenvalue weighted by Crippen LogP contribution is -2.26. The zero-order chi connectivity index (χ0) is 19.2. The molecule has 1 amide bonds. The van der Waals surface area contributed by atoms with Gasteiger partial charge in [-0.05, 0) is 37.0 Å². The predicted octanol–water partition coefficient (Wildman–Crippen LogP) is 3.32. The quantitative estimate of drug-likeness (QED) is 0.653. The van der Waals surface area contributed by atoms with E-state index in [9.17, 15) is 9.59 Å². The fourth-order valence-electron chi connectivity index (χ4n) is 3.08. The number of benzene rings is 1. The molecule has 1 N–H and O–H groups in total. The van der Waals surface area contributed by atoms with Crippen molar-refractivity contribution >= 4 is 39.6 Å². The largest absolute Gasteiger partial charge is 0.465 e. The molecule has 2 aromatic rings. The summed E-state index contributed by atoms with van der Waals surface area (Å²) in [6, 6.07) is 8.05. The van der Waals surface area contributed by atoms with E-state index in [4.69, 9.17) is 4.74 Å². The number of thioether (sulfide) groups is 1. The fraction of sp³-hybridized carbons (Fsp3) is 0.421. The lowest BCUT2D eigenvalue weighted by Gasteiger charge is -2.13. The smallest absolute Gasteiger partial charge is 0.341 e. The van der Waals surface area contributed by atoms with E-state index in [1.807, 2.05) is 28.9 Å². The fourth-order valence-corrected chi connectivity index (χ4v) is 4.16. The second-order valence-corrected chi connectivity index (χ2v) is 8.24. The van der Waals surface area contributed by atoms with Crippen LogP contribution in [0.15, 0.2) is 28.7 Å². The number of hydrogen-bond donors (Lipinski definition) is 1. The Morgan fingerprint density at radius 2 is 2.07 bits per heavy atom. The summed E-state index contributed by atoms with van der Waals surface area (Å²) >= 11 is 4.96. The first-order valence-electron chi connectivity index (χ1n) is 8.84. The summed E-state index contributed by atoms with van der Waals surface area (Å²) < 4.78 is 7.83. The average Bonchev–Trinajstić information content (AvgIpc) is 3.06. The van der Waals surface area contributed by atoms with Gasteiger partial charge in [0.05, 0.1) is 30.8 Å². The highest BCUT2D eigenvalue weighted by molar-refractivity contribution is 9.10. The molecular weight excluding hydrogens is 430 g/mol. The Kier molecular flexibility index (Phi) is 6.95. The van der Waals surface area contributed by atoms with Crippen molar-refractivity contribution in [3.05, 3.63) is 51.3 Å². The van der Waals surface area contributed by atoms with E-state index in [-0.39, 0.29) is 18.4 Å². The minimum atomic E-state index is -0.382. The highest BCUT2D eigenvalue weighted by Crippen LogP contribution is 2.22. The SMILES string of the molecule is COC(=O)c1c(CNC(=O)CSCc2ccc(Br)cc2)nn2c1CCCC2. The Labute approximate surface area is 171 Å². The first-order chi connectivity index (χ1) is 13.1. The number of rotatable bonds is 7. The van der Waals surface area contributed by atoms with Gasteiger partial charge in [0.2, 0.25) is 5.91 Å². The summed E-state index contributed by atoms with van der Waals surface area (Å²) in [6.45, 7) is 1.04. The zero-order valence-corrected chi connectivity index (χ0v) is 17.6. The lowest BCUT2D eigenvalue weighted by molar-refractivity contribution is -0.118. The molecule has 0 atom stereocenters. The number of esters is 1. The van der Waals surface area contributed by atoms with E-state index >= 15 is 0 Å². The van der Waals surface area contributed by atoms with Gasteiger partial charge >= 0.3 is 5.97 Å². The van der Waals surface area contributed by atoms with Gasteiger partial charge in [-0.15, -0.1) is 11.8 Å². The molecule has 0 spiro atoms. The molecule has 27 heavy (non-hydrogen) atoms. The number of halogens is 1. The van der Waals surface area contributed by atoms with Gasteiger partial charge in [0.15, 0.2) is 0 Å². The molecule has 0 unspecified atom stereocenters. The number of aryl methyl sites for hydroxylation is 1. The van der Waals surface area contributed by atoms with Crippen LogP contribution in [-0.4, -0.2) is 34.5 Å². The summed E-state index contributed by atoms with van der Waals surface area (Å²) in [5.41, 5.74) is 3.19. The van der Waals surface area contributed by atoms with Crippen molar-refractivity contribution in [1.82, 2.24) is 15.1 Å². The number of nitrogens with one attached hydrogen (secondary N) is 1. The third kappa shape index (κ3) is 5.13. The van der Waals surface area contributed by atoms with Gasteiger partial charge in [0.1, 0.15) is 5.56 Å². The zero-order valence-electron chi connectivity index (χ0n) is 15.2. The summed E-state index contributed by atoms with van der Waals surface area (Å²) in [4.78, 5) is 24.3. The molecule has 6 nitrogen and oxygen atoms in total. The van der Waals surface area contributed by atoms with Crippen molar-refractivity contribution in [2.24, 2.45) is 0 Å². The maximum atomic E-state index is 12.2. The number of carbonyl (C=O) groups excluding carboxylic acids is 2. The van der Waals surface area contributed by atoms with Crippen LogP contribution in [0.2, 0.25) is 0 Å². The molecular formula is C19H22BrN3O3S. The van der Waals surface area contributed by atoms with Gasteiger partial charge in [-0.2, -0.15) is 5.10 Å². The average molecular weight is 452 g/mol. The number of ether oxygens (including phenoxy) is 1. The number of aromatic nitrogens is 2. The Balaban J connectivity index is 1.54. The van der Waals surface area contributed by atoms with Crippen molar-refractivity contribution in [2.75, 3.05) is 12.9 Å². The number of methoxy groups -OCH3 is 1. The van der Waals surface area contributed by atoms with Gasteiger partial charge in [0.25, 0.3) is 0 Å². The second-order valence-electron chi connectivity index (χ2n) is 6.34. The topological polar surface area (TPSA) is 73.2 Å². The number of fused-ring (bicyclic) bond motifs is 1. The molecule has 0 saturated carbocycles. The molecule has 1 aromatic heterocycles. The van der Waals surface area contributed by atoms with Crippen molar-refractivity contribution in [3.8, 4) is 0 Å². The molecule has 1 aromatic carbocycles. The van der Waals surface area contributed by atoms with E-state index in [1.165, 1.54) is 12.7 Å². The van der Waals surface area contributed by atoms with Gasteiger partial charge < -0.3 is 10.1 Å². The van der Waals surface area contributed by atoms with E-state index < -0.39 is 0 Å². The highest BCUT2D eigenvalue weighted by Gasteiger charge is 2.26. The third-order valence-corrected chi connectivity index (χ3v) is 5.95. The van der Waals surface area contributed by atoms with Gasteiger partial charge in [0, 0.05) is 16.8 Å². The van der Waals surface area contributed by atoms with E-state index in [1.54, 1.807) is 11.8 Å². The van der Waals surface area contributed by atoms with Crippen LogP contribution >= 0.6 is 27.7 Å². The van der Waals surface area contributed by atoms with E-state index in [0.29, 0.717) is 17.0 Å². The normalized spacial score (nSPS) is 13.1. The second kappa shape index (κ2) is 9.41. The van der Waals surface area contributed by atoms with Crippen LogP contribution in [0.1, 0.15) is 40.2 Å². The molecule has 144 valence electrons. The molecule has 1 aliphatic heterocycles. The summed E-state index contributed by atoms with van der Waals surface area (Å²) in [5.74, 6) is 0.676. The molecule has 0 radical (unpaired) electrons. The minimum absolute atomic E-state index is 0.0705. The van der Waals surface area contributed by atoms with Crippen LogP contribution < -0.4 is 5.32 Å². The third-order valence-electron chi connectivity index (χ3n) is 4.42. The van der Waals surface area contributed by atoms with Gasteiger partial charge in [-0.25, -0.2) is 4.79 Å². The van der Waals surface area contributed by atoms with Crippen LogP contribution in [0, 0.1) is 0 Å². The Morgan fingerprint density at radius 3 is 2.81 bits per heavy atom. The van der Waals surface area contributed by atoms with Crippen molar-refractivity contribution in [1.29, 1.82) is 0 Å². The standard InChI is InChI=1S/C19H22BrN3O3S/c1-26-19(25)18-15(22-23-9-3-2-4-16(18)23)10-21-17(24)12-27-11-13-5-7-14(20)8-6-13/h5-8H,2-4,9-12H2,1H3,(H,21,24). The van der Waals surface area contributed by atoms with E-state index in [2.05, 4.69) is 26.3 Å². The molecule has 0 saturated heterocycles. The molecule has 2 heterocycles. The number of carbonyl (C=O) groups is 2. The van der Waals surface area contributed by atoms with Crippen LogP contribution in [0.25, 0.3) is 0 Å². The lowest BCUT2D eigenvalue weighted by atomic mass is 10.0. The molecule has 0 aliphatic carbocycles. The first-order valence-corrected chi connectivity index (χ1v) is 10.8. The van der Waals surface area contributed by atoms with Gasteiger partial charge in [-0.3, -0.25) is 9.48 Å². The summed E-state index contributed by atoms with van der Waals surface area (Å²) in [5, 5.41) is 7.39. The first kappa shape index (κ1) is 19.9. The Hall–Kier alpha value is -1.80. The Morgan fingerprint density at radius 1 is 1.30 bits per heavy atom. The molecule has 8 heteroatoms. The minimum Gasteiger partial charge on any atom is -0.465 e. The number of hydrogen-bond acceptors (Lipinski definition) is 5. The monoisotopic (exact) mass is 451 g/mol. The van der Waals surface area contributed by atoms with Gasteiger partial charge in [-0.1, -0.05) is 28.1 Å². The summed E-state index contributed by atoms with van der Waals surface area (Å²) in [7, 11) is 1.37.